The fourth-order valence-electron chi connectivity index (χ4n) is 3.27. The van der Waals surface area contributed by atoms with Crippen molar-refractivity contribution in [1.82, 2.24) is 14.8 Å². The fourth-order valence-corrected chi connectivity index (χ4v) is 4.07. The third-order valence-corrected chi connectivity index (χ3v) is 5.35. The highest BCUT2D eigenvalue weighted by molar-refractivity contribution is 7.99. The van der Waals surface area contributed by atoms with Gasteiger partial charge in [0.05, 0.1) is 12.0 Å². The lowest BCUT2D eigenvalue weighted by molar-refractivity contribution is -0.139. The SMILES string of the molecule is CCn1c(SCC(=O)OCC(=O)c2c(C)cc(C)cc2C)nnc1-c1ccco1. The minimum atomic E-state index is -0.476. The Hall–Kier alpha value is -2.87. The lowest BCUT2D eigenvalue weighted by Gasteiger charge is -2.11. The van der Waals surface area contributed by atoms with Crippen LogP contribution in [0.25, 0.3) is 11.6 Å². The maximum Gasteiger partial charge on any atom is 0.316 e. The summed E-state index contributed by atoms with van der Waals surface area (Å²) in [6, 6.07) is 7.49. The molecule has 0 radical (unpaired) electrons. The van der Waals surface area contributed by atoms with E-state index in [1.54, 1.807) is 18.4 Å². The van der Waals surface area contributed by atoms with Crippen LogP contribution in [0.2, 0.25) is 0 Å². The van der Waals surface area contributed by atoms with E-state index in [2.05, 4.69) is 10.2 Å². The third kappa shape index (κ3) is 4.76. The fraction of sp³-hybridized carbons (Fsp3) is 0.333. The van der Waals surface area contributed by atoms with Crippen molar-refractivity contribution in [2.45, 2.75) is 39.4 Å². The van der Waals surface area contributed by atoms with E-state index in [9.17, 15) is 9.59 Å². The summed E-state index contributed by atoms with van der Waals surface area (Å²) in [6.45, 7) is 8.08. The quantitative estimate of drug-likeness (QED) is 0.313. The number of benzene rings is 1. The van der Waals surface area contributed by atoms with Crippen LogP contribution in [-0.4, -0.2) is 38.9 Å². The summed E-state index contributed by atoms with van der Waals surface area (Å²) in [7, 11) is 0. The molecule has 0 unspecified atom stereocenters. The molecular weight excluding hydrogens is 390 g/mol. The summed E-state index contributed by atoms with van der Waals surface area (Å²) in [5.41, 5.74) is 3.49. The predicted molar refractivity (Wildman–Crippen MR) is 110 cm³/mol. The number of hydrogen-bond acceptors (Lipinski definition) is 7. The Morgan fingerprint density at radius 2 is 1.90 bits per heavy atom. The standard InChI is InChI=1S/C21H23N3O4S/c1-5-24-20(17-7-6-8-27-17)22-23-21(24)29-12-18(26)28-11-16(25)19-14(3)9-13(2)10-15(19)4/h6-10H,5,11-12H2,1-4H3. The van der Waals surface area contributed by atoms with Crippen molar-refractivity contribution in [3.8, 4) is 11.6 Å². The van der Waals surface area contributed by atoms with Gasteiger partial charge in [-0.3, -0.25) is 14.2 Å². The Morgan fingerprint density at radius 1 is 1.17 bits per heavy atom. The van der Waals surface area contributed by atoms with Crippen molar-refractivity contribution in [3.63, 3.8) is 0 Å². The van der Waals surface area contributed by atoms with Gasteiger partial charge in [-0.2, -0.15) is 0 Å². The predicted octanol–water partition coefficient (Wildman–Crippen LogP) is 4.00. The molecule has 0 spiro atoms. The highest BCUT2D eigenvalue weighted by atomic mass is 32.2. The van der Waals surface area contributed by atoms with Gasteiger partial charge in [-0.15, -0.1) is 10.2 Å². The molecule has 0 amide bonds. The maximum atomic E-state index is 12.5. The number of furan rings is 1. The number of aromatic nitrogens is 3. The first-order valence-corrected chi connectivity index (χ1v) is 10.3. The molecule has 1 aromatic carbocycles. The second-order valence-corrected chi connectivity index (χ2v) is 7.62. The Bertz CT molecular complexity index is 1000. The number of thioether (sulfide) groups is 1. The number of carbonyl (C=O) groups is 2. The number of aryl methyl sites for hydroxylation is 3. The van der Waals surface area contributed by atoms with Crippen molar-refractivity contribution >= 4 is 23.5 Å². The number of ketones is 1. The summed E-state index contributed by atoms with van der Waals surface area (Å²) in [5.74, 6) is 0.582. The molecule has 0 aliphatic carbocycles. The minimum Gasteiger partial charge on any atom is -0.461 e. The molecule has 0 aliphatic heterocycles. The minimum absolute atomic E-state index is 0.0371. The van der Waals surface area contributed by atoms with Crippen LogP contribution in [0.5, 0.6) is 0 Å². The molecule has 0 atom stereocenters. The van der Waals surface area contributed by atoms with Gasteiger partial charge < -0.3 is 9.15 Å². The van der Waals surface area contributed by atoms with Crippen LogP contribution in [0.1, 0.15) is 34.0 Å². The summed E-state index contributed by atoms with van der Waals surface area (Å²) in [5, 5.41) is 8.86. The van der Waals surface area contributed by atoms with E-state index < -0.39 is 5.97 Å². The molecular formula is C21H23N3O4S. The van der Waals surface area contributed by atoms with E-state index in [1.165, 1.54) is 11.8 Å². The van der Waals surface area contributed by atoms with E-state index in [-0.39, 0.29) is 18.1 Å². The van der Waals surface area contributed by atoms with Crippen LogP contribution in [0.3, 0.4) is 0 Å². The van der Waals surface area contributed by atoms with Gasteiger partial charge in [0.1, 0.15) is 0 Å². The van der Waals surface area contributed by atoms with E-state index in [0.717, 1.165) is 16.7 Å². The summed E-state index contributed by atoms with van der Waals surface area (Å²) < 4.78 is 12.4. The summed E-state index contributed by atoms with van der Waals surface area (Å²) in [6.07, 6.45) is 1.57. The first kappa shape index (κ1) is 20.9. The molecule has 2 aromatic heterocycles. The number of nitrogens with zero attached hydrogens (tertiary/aromatic N) is 3. The molecule has 3 aromatic rings. The van der Waals surface area contributed by atoms with Gasteiger partial charge >= 0.3 is 5.97 Å². The normalized spacial score (nSPS) is 10.9. The Kier molecular flexibility index (Phi) is 6.53. The smallest absolute Gasteiger partial charge is 0.316 e. The van der Waals surface area contributed by atoms with E-state index in [0.29, 0.717) is 28.8 Å². The summed E-state index contributed by atoms with van der Waals surface area (Å²) in [4.78, 5) is 24.6. The van der Waals surface area contributed by atoms with E-state index >= 15 is 0 Å². The molecule has 0 saturated carbocycles. The van der Waals surface area contributed by atoms with Gasteiger partial charge in [-0.1, -0.05) is 29.5 Å². The molecule has 0 saturated heterocycles. The second kappa shape index (κ2) is 9.09. The number of ether oxygens (including phenoxy) is 1. The van der Waals surface area contributed by atoms with Crippen LogP contribution in [0.15, 0.2) is 40.1 Å². The lowest BCUT2D eigenvalue weighted by Crippen LogP contribution is -2.17. The molecule has 3 rings (SSSR count). The number of carbonyl (C=O) groups excluding carboxylic acids is 2. The molecule has 7 nitrogen and oxygen atoms in total. The highest BCUT2D eigenvalue weighted by Crippen LogP contribution is 2.24. The van der Waals surface area contributed by atoms with Gasteiger partial charge in [0.15, 0.2) is 23.3 Å². The number of rotatable bonds is 8. The number of Topliss-reactive ketones (excluding diaryl/α,β-unsaturated/α-hetero) is 1. The first-order chi connectivity index (χ1) is 13.9. The average molecular weight is 413 g/mol. The zero-order chi connectivity index (χ0) is 21.0. The lowest BCUT2D eigenvalue weighted by atomic mass is 9.97. The van der Waals surface area contributed by atoms with Gasteiger partial charge in [-0.05, 0) is 51.0 Å². The molecule has 0 N–H and O–H groups in total. The van der Waals surface area contributed by atoms with E-state index in [4.69, 9.17) is 9.15 Å². The first-order valence-electron chi connectivity index (χ1n) is 9.27. The molecule has 0 fully saturated rings. The van der Waals surface area contributed by atoms with Crippen molar-refractivity contribution in [3.05, 3.63) is 52.8 Å². The topological polar surface area (TPSA) is 87.2 Å². The van der Waals surface area contributed by atoms with Crippen molar-refractivity contribution in [2.75, 3.05) is 12.4 Å². The number of esters is 1. The van der Waals surface area contributed by atoms with Gasteiger partial charge in [0.2, 0.25) is 5.78 Å². The van der Waals surface area contributed by atoms with Gasteiger partial charge in [0, 0.05) is 12.1 Å². The van der Waals surface area contributed by atoms with Crippen LogP contribution in [-0.2, 0) is 16.1 Å². The Balaban J connectivity index is 1.58. The zero-order valence-corrected chi connectivity index (χ0v) is 17.7. The van der Waals surface area contributed by atoms with E-state index in [1.807, 2.05) is 44.4 Å². The number of hydrogen-bond donors (Lipinski definition) is 0. The maximum absolute atomic E-state index is 12.5. The average Bonchev–Trinajstić information content (AvgIpc) is 3.32. The van der Waals surface area contributed by atoms with Crippen LogP contribution < -0.4 is 0 Å². The van der Waals surface area contributed by atoms with Crippen LogP contribution in [0, 0.1) is 20.8 Å². The Labute approximate surface area is 173 Å². The summed E-state index contributed by atoms with van der Waals surface area (Å²) >= 11 is 1.22. The molecule has 29 heavy (non-hydrogen) atoms. The molecule has 0 bridgehead atoms. The molecule has 0 aliphatic rings. The van der Waals surface area contributed by atoms with Crippen molar-refractivity contribution < 1.29 is 18.7 Å². The second-order valence-electron chi connectivity index (χ2n) is 6.67. The molecule has 152 valence electrons. The van der Waals surface area contributed by atoms with Crippen molar-refractivity contribution in [2.24, 2.45) is 0 Å². The van der Waals surface area contributed by atoms with Gasteiger partial charge in [0.25, 0.3) is 0 Å². The van der Waals surface area contributed by atoms with Crippen LogP contribution >= 0.6 is 11.8 Å². The molecule has 8 heteroatoms. The van der Waals surface area contributed by atoms with Crippen LogP contribution in [0.4, 0.5) is 0 Å². The highest BCUT2D eigenvalue weighted by Gasteiger charge is 2.18. The largest absolute Gasteiger partial charge is 0.461 e. The zero-order valence-electron chi connectivity index (χ0n) is 16.9. The Morgan fingerprint density at radius 3 is 2.52 bits per heavy atom. The van der Waals surface area contributed by atoms with Gasteiger partial charge in [-0.25, -0.2) is 0 Å². The molecule has 2 heterocycles. The third-order valence-electron chi connectivity index (χ3n) is 4.41. The monoisotopic (exact) mass is 413 g/mol. The van der Waals surface area contributed by atoms with Crippen molar-refractivity contribution in [1.29, 1.82) is 0 Å².